The molecule has 3 aromatic rings. The third-order valence-electron chi connectivity index (χ3n) is 5.05. The molecule has 0 unspecified atom stereocenters. The van der Waals surface area contributed by atoms with Crippen LogP contribution in [0.1, 0.15) is 30.3 Å². The third-order valence-corrected chi connectivity index (χ3v) is 5.54. The van der Waals surface area contributed by atoms with E-state index >= 15 is 0 Å². The van der Waals surface area contributed by atoms with Gasteiger partial charge in [-0.15, -0.1) is 0 Å². The number of aliphatic hydroxyl groups excluding tert-OH is 1. The number of nitrogens with zero attached hydrogens (tertiary/aromatic N) is 1. The maximum absolute atomic E-state index is 12.5. The fraction of sp³-hybridized carbons (Fsp3) is 0.217. The number of carbonyl (C=O) groups excluding carboxylic acids is 1. The van der Waals surface area contributed by atoms with Gasteiger partial charge in [0.2, 0.25) is 0 Å². The highest BCUT2D eigenvalue weighted by Gasteiger charge is 2.31. The van der Waals surface area contributed by atoms with E-state index in [0.717, 1.165) is 5.56 Å². The van der Waals surface area contributed by atoms with Gasteiger partial charge in [0.1, 0.15) is 11.4 Å². The number of fused-ring (bicyclic) bond motifs is 1. The predicted octanol–water partition coefficient (Wildman–Crippen LogP) is 5.05. The van der Waals surface area contributed by atoms with Crippen LogP contribution >= 0.6 is 23.2 Å². The fourth-order valence-corrected chi connectivity index (χ4v) is 3.66. The molecule has 4 rings (SSSR count). The van der Waals surface area contributed by atoms with Gasteiger partial charge in [0.05, 0.1) is 6.10 Å². The first kappa shape index (κ1) is 21.4. The van der Waals surface area contributed by atoms with Gasteiger partial charge in [0.15, 0.2) is 11.9 Å². The number of rotatable bonds is 6. The molecule has 6 nitrogen and oxygen atoms in total. The van der Waals surface area contributed by atoms with Gasteiger partial charge in [-0.3, -0.25) is 4.79 Å². The summed E-state index contributed by atoms with van der Waals surface area (Å²) >= 11 is 11.9. The molecule has 1 aromatic heterocycles. The van der Waals surface area contributed by atoms with Crippen molar-refractivity contribution in [2.75, 3.05) is 6.54 Å². The summed E-state index contributed by atoms with van der Waals surface area (Å²) in [6, 6.07) is 14.1. The zero-order valence-electron chi connectivity index (χ0n) is 16.5. The zero-order chi connectivity index (χ0) is 22.0. The van der Waals surface area contributed by atoms with Crippen LogP contribution in [0.3, 0.4) is 0 Å². The minimum atomic E-state index is -0.811. The molecule has 0 bridgehead atoms. The topological polar surface area (TPSA) is 84.6 Å². The normalized spacial score (nSPS) is 17.5. The molecule has 2 N–H and O–H groups in total. The predicted molar refractivity (Wildman–Crippen MR) is 119 cm³/mol. The quantitative estimate of drug-likeness (QED) is 0.539. The van der Waals surface area contributed by atoms with Crippen LogP contribution < -0.4 is 10.1 Å². The van der Waals surface area contributed by atoms with Crippen LogP contribution in [0.4, 0.5) is 0 Å². The molecule has 160 valence electrons. The molecule has 0 saturated carbocycles. The SMILES string of the molecule is C=C(CCNC(=O)[C@@H]1C[C@@H](O)c2cc(Cl)ccc2O1)c1cc(-c2ccc(Cl)cc2)no1. The number of halogens is 2. The molecule has 1 aliphatic heterocycles. The van der Waals surface area contributed by atoms with E-state index in [9.17, 15) is 9.90 Å². The van der Waals surface area contributed by atoms with Crippen molar-refractivity contribution in [1.82, 2.24) is 10.5 Å². The first-order chi connectivity index (χ1) is 14.9. The summed E-state index contributed by atoms with van der Waals surface area (Å²) in [6.45, 7) is 4.36. The Bertz CT molecular complexity index is 1110. The largest absolute Gasteiger partial charge is 0.480 e. The number of aromatic nitrogens is 1. The van der Waals surface area contributed by atoms with Crippen molar-refractivity contribution in [1.29, 1.82) is 0 Å². The van der Waals surface area contributed by atoms with Gasteiger partial charge < -0.3 is 19.7 Å². The number of hydrogen-bond donors (Lipinski definition) is 2. The highest BCUT2D eigenvalue weighted by atomic mass is 35.5. The van der Waals surface area contributed by atoms with Crippen LogP contribution in [0.2, 0.25) is 10.0 Å². The first-order valence-corrected chi connectivity index (χ1v) is 10.5. The molecule has 0 fully saturated rings. The molecule has 1 aliphatic rings. The van der Waals surface area contributed by atoms with Gasteiger partial charge in [0, 0.05) is 40.2 Å². The van der Waals surface area contributed by atoms with Gasteiger partial charge >= 0.3 is 0 Å². The minimum absolute atomic E-state index is 0.159. The number of nitrogens with one attached hydrogen (secondary N) is 1. The summed E-state index contributed by atoms with van der Waals surface area (Å²) in [6.07, 6.45) is -0.956. The van der Waals surface area contributed by atoms with Crippen LogP contribution in [0.5, 0.6) is 5.75 Å². The van der Waals surface area contributed by atoms with Crippen LogP contribution in [0.15, 0.2) is 59.6 Å². The lowest BCUT2D eigenvalue weighted by molar-refractivity contribution is -0.130. The Balaban J connectivity index is 1.30. The van der Waals surface area contributed by atoms with Crippen molar-refractivity contribution < 1.29 is 19.2 Å². The van der Waals surface area contributed by atoms with Crippen LogP contribution in [-0.4, -0.2) is 28.8 Å². The highest BCUT2D eigenvalue weighted by Crippen LogP contribution is 2.36. The van der Waals surface area contributed by atoms with E-state index in [1.165, 1.54) is 0 Å². The first-order valence-electron chi connectivity index (χ1n) is 9.73. The van der Waals surface area contributed by atoms with Gasteiger partial charge in [0.25, 0.3) is 5.91 Å². The van der Waals surface area contributed by atoms with Crippen molar-refractivity contribution in [2.45, 2.75) is 25.0 Å². The Hall–Kier alpha value is -2.80. The van der Waals surface area contributed by atoms with Gasteiger partial charge in [-0.25, -0.2) is 0 Å². The number of amides is 1. The van der Waals surface area contributed by atoms with Crippen molar-refractivity contribution in [3.63, 3.8) is 0 Å². The number of carbonyl (C=O) groups is 1. The van der Waals surface area contributed by atoms with E-state index in [-0.39, 0.29) is 12.3 Å². The average molecular weight is 459 g/mol. The number of hydrogen-bond acceptors (Lipinski definition) is 5. The summed E-state index contributed by atoms with van der Waals surface area (Å²) in [5.41, 5.74) is 2.86. The summed E-state index contributed by atoms with van der Waals surface area (Å²) in [5, 5.41) is 18.4. The van der Waals surface area contributed by atoms with Crippen molar-refractivity contribution in [3.05, 3.63) is 76.5 Å². The van der Waals surface area contributed by atoms with E-state index < -0.39 is 12.2 Å². The Morgan fingerprint density at radius 3 is 2.68 bits per heavy atom. The number of benzene rings is 2. The maximum atomic E-state index is 12.5. The molecule has 31 heavy (non-hydrogen) atoms. The molecule has 2 atom stereocenters. The Morgan fingerprint density at radius 2 is 1.90 bits per heavy atom. The second-order valence-electron chi connectivity index (χ2n) is 7.27. The lowest BCUT2D eigenvalue weighted by Crippen LogP contribution is -2.41. The standard InChI is InChI=1S/C23H20Cl2N2O4/c1-13(21-11-18(27-31-21)14-2-4-15(24)5-3-14)8-9-26-23(29)22-12-19(28)17-10-16(25)6-7-20(17)30-22/h2-7,10-11,19,22,28H,1,8-9,12H2,(H,26,29)/t19-,22+/m1/s1. The molecule has 1 amide bonds. The maximum Gasteiger partial charge on any atom is 0.261 e. The average Bonchev–Trinajstić information content (AvgIpc) is 3.25. The monoisotopic (exact) mass is 458 g/mol. The Labute approximate surface area is 189 Å². The second kappa shape index (κ2) is 9.14. The van der Waals surface area contributed by atoms with Crippen molar-refractivity contribution >= 4 is 34.7 Å². The zero-order valence-corrected chi connectivity index (χ0v) is 18.0. The van der Waals surface area contributed by atoms with E-state index in [1.54, 1.807) is 36.4 Å². The molecule has 0 spiro atoms. The molecule has 2 aromatic carbocycles. The summed E-state index contributed by atoms with van der Waals surface area (Å²) in [4.78, 5) is 12.5. The second-order valence-corrected chi connectivity index (χ2v) is 8.14. The smallest absolute Gasteiger partial charge is 0.261 e. The third kappa shape index (κ3) is 4.93. The van der Waals surface area contributed by atoms with Crippen LogP contribution in [0, 0.1) is 0 Å². The van der Waals surface area contributed by atoms with Crippen molar-refractivity contribution in [3.8, 4) is 17.0 Å². The van der Waals surface area contributed by atoms with Gasteiger partial charge in [-0.05, 0) is 42.3 Å². The Kier molecular flexibility index (Phi) is 6.32. The van der Waals surface area contributed by atoms with E-state index in [4.69, 9.17) is 32.5 Å². The molecular weight excluding hydrogens is 439 g/mol. The lowest BCUT2D eigenvalue weighted by Gasteiger charge is -2.28. The van der Waals surface area contributed by atoms with Crippen LogP contribution in [0.25, 0.3) is 16.8 Å². The van der Waals surface area contributed by atoms with E-state index in [0.29, 0.717) is 51.4 Å². The van der Waals surface area contributed by atoms with E-state index in [2.05, 4.69) is 17.1 Å². The highest BCUT2D eigenvalue weighted by molar-refractivity contribution is 6.31. The molecule has 2 heterocycles. The molecule has 8 heteroatoms. The molecule has 0 radical (unpaired) electrons. The molecule has 0 aliphatic carbocycles. The summed E-state index contributed by atoms with van der Waals surface area (Å²) in [7, 11) is 0. The van der Waals surface area contributed by atoms with Gasteiger partial charge in [-0.2, -0.15) is 0 Å². The van der Waals surface area contributed by atoms with Crippen LogP contribution in [-0.2, 0) is 4.79 Å². The summed E-state index contributed by atoms with van der Waals surface area (Å²) in [5.74, 6) is 0.713. The van der Waals surface area contributed by atoms with Gasteiger partial charge in [-0.1, -0.05) is 47.1 Å². The number of aliphatic hydroxyl groups is 1. The summed E-state index contributed by atoms with van der Waals surface area (Å²) < 4.78 is 11.1. The number of ether oxygens (including phenoxy) is 1. The molecule has 0 saturated heterocycles. The molecular formula is C23H20Cl2N2O4. The lowest BCUT2D eigenvalue weighted by atomic mass is 9.98. The van der Waals surface area contributed by atoms with E-state index in [1.807, 2.05) is 12.1 Å². The van der Waals surface area contributed by atoms with Crippen molar-refractivity contribution in [2.24, 2.45) is 0 Å². The Morgan fingerprint density at radius 1 is 1.16 bits per heavy atom. The minimum Gasteiger partial charge on any atom is -0.480 e. The fourth-order valence-electron chi connectivity index (χ4n) is 3.35.